The second kappa shape index (κ2) is 10.5. The number of carbonyl (C=O) groups excluding carboxylic acids is 2. The molecule has 29 heavy (non-hydrogen) atoms. The Bertz CT molecular complexity index is 815. The van der Waals surface area contributed by atoms with Gasteiger partial charge < -0.3 is 10.2 Å². The van der Waals surface area contributed by atoms with Gasteiger partial charge in [0.2, 0.25) is 11.8 Å². The molecule has 1 atom stereocenters. The van der Waals surface area contributed by atoms with Crippen molar-refractivity contribution in [2.75, 3.05) is 5.75 Å². The number of hydrogen-bond donors (Lipinski definition) is 1. The zero-order valence-electron chi connectivity index (χ0n) is 18.1. The molecule has 0 bridgehead atoms. The minimum Gasteiger partial charge on any atom is -0.350 e. The summed E-state index contributed by atoms with van der Waals surface area (Å²) < 4.78 is 0. The summed E-state index contributed by atoms with van der Waals surface area (Å²) in [7, 11) is 0. The Labute approximate surface area is 179 Å². The van der Waals surface area contributed by atoms with E-state index in [0.29, 0.717) is 12.3 Å². The molecule has 2 amide bonds. The van der Waals surface area contributed by atoms with E-state index in [2.05, 4.69) is 17.4 Å². The zero-order chi connectivity index (χ0) is 21.4. The van der Waals surface area contributed by atoms with Crippen molar-refractivity contribution in [1.29, 1.82) is 0 Å². The van der Waals surface area contributed by atoms with Crippen LogP contribution in [0, 0.1) is 6.92 Å². The number of thioether (sulfide) groups is 1. The van der Waals surface area contributed by atoms with E-state index >= 15 is 0 Å². The number of amides is 2. The summed E-state index contributed by atoms with van der Waals surface area (Å²) in [5.41, 5.74) is 3.02. The van der Waals surface area contributed by atoms with Crippen molar-refractivity contribution < 1.29 is 9.59 Å². The molecule has 1 N–H and O–H groups in total. The lowest BCUT2D eigenvalue weighted by Crippen LogP contribution is -2.52. The lowest BCUT2D eigenvalue weighted by atomic mass is 10.1. The Balaban J connectivity index is 2.11. The molecule has 4 nitrogen and oxygen atoms in total. The Morgan fingerprint density at radius 3 is 2.28 bits per heavy atom. The normalized spacial score (nSPS) is 12.3. The third-order valence-electron chi connectivity index (χ3n) is 4.60. The first-order chi connectivity index (χ1) is 13.7. The summed E-state index contributed by atoms with van der Waals surface area (Å²) in [5.74, 6) is 0.958. The number of rotatable bonds is 8. The van der Waals surface area contributed by atoms with Crippen LogP contribution in [0.5, 0.6) is 0 Å². The van der Waals surface area contributed by atoms with Gasteiger partial charge in [-0.1, -0.05) is 54.6 Å². The van der Waals surface area contributed by atoms with Crippen molar-refractivity contribution in [3.8, 4) is 0 Å². The van der Waals surface area contributed by atoms with Gasteiger partial charge in [-0.05, 0) is 51.3 Å². The van der Waals surface area contributed by atoms with Gasteiger partial charge in [-0.15, -0.1) is 11.8 Å². The molecule has 0 aliphatic rings. The van der Waals surface area contributed by atoms with Crippen LogP contribution in [0.3, 0.4) is 0 Å². The molecule has 5 heteroatoms. The molecule has 2 rings (SSSR count). The number of hydrogen-bond acceptors (Lipinski definition) is 3. The lowest BCUT2D eigenvalue weighted by molar-refractivity contribution is -0.139. The molecule has 0 unspecified atom stereocenters. The van der Waals surface area contributed by atoms with Crippen LogP contribution in [0.4, 0.5) is 0 Å². The van der Waals surface area contributed by atoms with Crippen molar-refractivity contribution in [2.24, 2.45) is 0 Å². The average Bonchev–Trinajstić information content (AvgIpc) is 2.66. The van der Waals surface area contributed by atoms with Gasteiger partial charge in [0.15, 0.2) is 0 Å². The van der Waals surface area contributed by atoms with Crippen LogP contribution in [0.2, 0.25) is 0 Å². The lowest BCUT2D eigenvalue weighted by Gasteiger charge is -2.31. The van der Waals surface area contributed by atoms with Crippen molar-refractivity contribution >= 4 is 23.6 Å². The van der Waals surface area contributed by atoms with E-state index in [0.717, 1.165) is 16.9 Å². The summed E-state index contributed by atoms with van der Waals surface area (Å²) in [6, 6.07) is 17.6. The van der Waals surface area contributed by atoms with E-state index < -0.39 is 6.04 Å². The summed E-state index contributed by atoms with van der Waals surface area (Å²) in [4.78, 5) is 27.5. The molecule has 2 aromatic carbocycles. The fraction of sp³-hybridized carbons (Fsp3) is 0.417. The van der Waals surface area contributed by atoms with E-state index in [1.807, 2.05) is 70.2 Å². The van der Waals surface area contributed by atoms with E-state index in [1.165, 1.54) is 5.56 Å². The van der Waals surface area contributed by atoms with Crippen LogP contribution in [0.25, 0.3) is 0 Å². The predicted molar refractivity (Wildman–Crippen MR) is 122 cm³/mol. The largest absolute Gasteiger partial charge is 0.350 e. The standard InChI is InChI=1S/C24H32N2O2S/c1-18-11-9-10-14-21(18)15-26(19(2)23(28)25-24(3,4)5)22(27)17-29-16-20-12-7-6-8-13-20/h6-14,19H,15-17H2,1-5H3,(H,25,28)/t19-/m1/s1. The van der Waals surface area contributed by atoms with E-state index in [4.69, 9.17) is 0 Å². The molecule has 0 aliphatic heterocycles. The highest BCUT2D eigenvalue weighted by atomic mass is 32.2. The number of carbonyl (C=O) groups is 2. The molecule has 0 saturated heterocycles. The monoisotopic (exact) mass is 412 g/mol. The zero-order valence-corrected chi connectivity index (χ0v) is 18.9. The summed E-state index contributed by atoms with van der Waals surface area (Å²) in [5, 5.41) is 3.00. The number of nitrogens with one attached hydrogen (secondary N) is 1. The molecule has 0 saturated carbocycles. The van der Waals surface area contributed by atoms with Gasteiger partial charge in [0.25, 0.3) is 0 Å². The fourth-order valence-corrected chi connectivity index (χ4v) is 3.81. The van der Waals surface area contributed by atoms with Gasteiger partial charge in [-0.2, -0.15) is 0 Å². The third kappa shape index (κ3) is 7.58. The van der Waals surface area contributed by atoms with Crippen LogP contribution >= 0.6 is 11.8 Å². The molecular formula is C24H32N2O2S. The molecule has 156 valence electrons. The molecule has 0 radical (unpaired) electrons. The Morgan fingerprint density at radius 1 is 1.03 bits per heavy atom. The topological polar surface area (TPSA) is 49.4 Å². The number of nitrogens with zero attached hydrogens (tertiary/aromatic N) is 1. The highest BCUT2D eigenvalue weighted by molar-refractivity contribution is 7.99. The molecule has 0 spiro atoms. The third-order valence-corrected chi connectivity index (χ3v) is 5.59. The van der Waals surface area contributed by atoms with Gasteiger partial charge in [0.05, 0.1) is 5.75 Å². The molecule has 0 aromatic heterocycles. The Morgan fingerprint density at radius 2 is 1.66 bits per heavy atom. The number of aryl methyl sites for hydroxylation is 1. The Hall–Kier alpha value is -2.27. The van der Waals surface area contributed by atoms with Crippen molar-refractivity contribution in [1.82, 2.24) is 10.2 Å². The second-order valence-electron chi connectivity index (χ2n) is 8.34. The van der Waals surface area contributed by atoms with Crippen molar-refractivity contribution in [2.45, 2.75) is 58.5 Å². The van der Waals surface area contributed by atoms with Gasteiger partial charge in [-0.3, -0.25) is 9.59 Å². The first-order valence-corrected chi connectivity index (χ1v) is 11.1. The predicted octanol–water partition coefficient (Wildman–Crippen LogP) is 4.56. The molecule has 2 aromatic rings. The second-order valence-corrected chi connectivity index (χ2v) is 9.33. The van der Waals surface area contributed by atoms with Crippen molar-refractivity contribution in [3.63, 3.8) is 0 Å². The minimum absolute atomic E-state index is 0.0225. The quantitative estimate of drug-likeness (QED) is 0.691. The van der Waals surface area contributed by atoms with Crippen LogP contribution in [-0.2, 0) is 21.9 Å². The fourth-order valence-electron chi connectivity index (χ4n) is 2.94. The molecule has 0 aliphatic carbocycles. The van der Waals surface area contributed by atoms with Gasteiger partial charge in [0, 0.05) is 17.8 Å². The first kappa shape index (κ1) is 23.0. The van der Waals surface area contributed by atoms with E-state index in [1.54, 1.807) is 23.6 Å². The smallest absolute Gasteiger partial charge is 0.242 e. The summed E-state index contributed by atoms with van der Waals surface area (Å²) in [6.07, 6.45) is 0. The van der Waals surface area contributed by atoms with Crippen LogP contribution < -0.4 is 5.32 Å². The highest BCUT2D eigenvalue weighted by Gasteiger charge is 2.28. The van der Waals surface area contributed by atoms with Gasteiger partial charge in [-0.25, -0.2) is 0 Å². The maximum atomic E-state index is 13.1. The summed E-state index contributed by atoms with van der Waals surface area (Å²) >= 11 is 1.58. The van der Waals surface area contributed by atoms with Gasteiger partial charge in [0.1, 0.15) is 6.04 Å². The van der Waals surface area contributed by atoms with Crippen LogP contribution in [0.1, 0.15) is 44.4 Å². The molecule has 0 heterocycles. The maximum absolute atomic E-state index is 13.1. The SMILES string of the molecule is Cc1ccccc1CN(C(=O)CSCc1ccccc1)[C@H](C)C(=O)NC(C)(C)C. The average molecular weight is 413 g/mol. The van der Waals surface area contributed by atoms with Crippen molar-refractivity contribution in [3.05, 3.63) is 71.3 Å². The molecular weight excluding hydrogens is 380 g/mol. The van der Waals surface area contributed by atoms with Crippen LogP contribution in [-0.4, -0.2) is 34.0 Å². The molecule has 0 fully saturated rings. The van der Waals surface area contributed by atoms with Crippen LogP contribution in [0.15, 0.2) is 54.6 Å². The van der Waals surface area contributed by atoms with E-state index in [9.17, 15) is 9.59 Å². The minimum atomic E-state index is -0.543. The Kier molecular flexibility index (Phi) is 8.32. The van der Waals surface area contributed by atoms with E-state index in [-0.39, 0.29) is 17.4 Å². The summed E-state index contributed by atoms with van der Waals surface area (Å²) in [6.45, 7) is 10.1. The first-order valence-electron chi connectivity index (χ1n) is 9.95. The maximum Gasteiger partial charge on any atom is 0.242 e. The number of benzene rings is 2. The highest BCUT2D eigenvalue weighted by Crippen LogP contribution is 2.18. The van der Waals surface area contributed by atoms with Gasteiger partial charge >= 0.3 is 0 Å².